The second-order valence-corrected chi connectivity index (χ2v) is 6.21. The van der Waals surface area contributed by atoms with Crippen LogP contribution in [0.3, 0.4) is 0 Å². The molecular formula is C15H26N2O3. The molecule has 1 aliphatic carbocycles. The summed E-state index contributed by atoms with van der Waals surface area (Å²) in [6, 6.07) is 0.401. The molecule has 1 saturated heterocycles. The Kier molecular flexibility index (Phi) is 5.40. The summed E-state index contributed by atoms with van der Waals surface area (Å²) in [5, 5.41) is 12.3. The van der Waals surface area contributed by atoms with Crippen LogP contribution in [0.1, 0.15) is 45.4 Å². The first-order valence-corrected chi connectivity index (χ1v) is 7.82. The summed E-state index contributed by atoms with van der Waals surface area (Å²) >= 11 is 0. The number of piperidine rings is 1. The molecule has 5 heteroatoms. The molecule has 2 N–H and O–H groups in total. The van der Waals surface area contributed by atoms with Crippen LogP contribution in [0.5, 0.6) is 0 Å². The molecule has 0 aromatic heterocycles. The molecule has 1 aliphatic heterocycles. The van der Waals surface area contributed by atoms with Gasteiger partial charge in [-0.25, -0.2) is 0 Å². The van der Waals surface area contributed by atoms with Crippen LogP contribution in [0.25, 0.3) is 0 Å². The molecule has 0 bridgehead atoms. The summed E-state index contributed by atoms with van der Waals surface area (Å²) in [6.07, 6.45) is 6.33. The topological polar surface area (TPSA) is 69.6 Å². The van der Waals surface area contributed by atoms with Crippen LogP contribution in [0.15, 0.2) is 0 Å². The molecule has 0 aromatic carbocycles. The summed E-state index contributed by atoms with van der Waals surface area (Å²) in [7, 11) is 0. The number of hydrogen-bond donors (Lipinski definition) is 2. The Morgan fingerprint density at radius 2 is 1.80 bits per heavy atom. The maximum atomic E-state index is 12.1. The number of hydrogen-bond acceptors (Lipinski definition) is 3. The van der Waals surface area contributed by atoms with E-state index in [1.165, 1.54) is 25.7 Å². The number of carbonyl (C=O) groups is 2. The van der Waals surface area contributed by atoms with Gasteiger partial charge in [-0.3, -0.25) is 9.59 Å². The molecule has 0 unspecified atom stereocenters. The van der Waals surface area contributed by atoms with Gasteiger partial charge in [0.15, 0.2) is 0 Å². The number of carbonyl (C=O) groups excluding carboxylic acids is 1. The van der Waals surface area contributed by atoms with Crippen LogP contribution in [0, 0.1) is 11.8 Å². The predicted molar refractivity (Wildman–Crippen MR) is 76.4 cm³/mol. The molecule has 1 heterocycles. The van der Waals surface area contributed by atoms with Gasteiger partial charge in [0.1, 0.15) is 0 Å². The van der Waals surface area contributed by atoms with Gasteiger partial charge in [0, 0.05) is 19.1 Å². The van der Waals surface area contributed by atoms with Crippen LogP contribution in [-0.4, -0.2) is 47.6 Å². The van der Waals surface area contributed by atoms with Crippen molar-refractivity contribution in [1.29, 1.82) is 0 Å². The fourth-order valence-corrected chi connectivity index (χ4v) is 3.36. The van der Waals surface area contributed by atoms with Gasteiger partial charge in [0.25, 0.3) is 0 Å². The molecule has 0 aromatic rings. The first-order valence-electron chi connectivity index (χ1n) is 7.82. The highest BCUT2D eigenvalue weighted by molar-refractivity contribution is 5.79. The number of nitrogens with zero attached hydrogens (tertiary/aromatic N) is 1. The largest absolute Gasteiger partial charge is 0.481 e. The van der Waals surface area contributed by atoms with E-state index in [9.17, 15) is 9.59 Å². The molecule has 20 heavy (non-hydrogen) atoms. The standard InChI is InChI=1S/C15H26N2O3/c1-11(12-4-2-3-5-12)16-10-14(18)17-8-6-13(7-9-17)15(19)20/h11-13,16H,2-10H2,1H3,(H,19,20)/t11-/m0/s1. The number of aliphatic carboxylic acids is 1. The number of amides is 1. The highest BCUT2D eigenvalue weighted by Crippen LogP contribution is 2.27. The van der Waals surface area contributed by atoms with Gasteiger partial charge >= 0.3 is 5.97 Å². The van der Waals surface area contributed by atoms with Crippen molar-refractivity contribution >= 4 is 11.9 Å². The van der Waals surface area contributed by atoms with E-state index in [0.29, 0.717) is 44.4 Å². The first-order chi connectivity index (χ1) is 9.58. The lowest BCUT2D eigenvalue weighted by Gasteiger charge is -2.31. The van der Waals surface area contributed by atoms with Gasteiger partial charge in [-0.1, -0.05) is 12.8 Å². The van der Waals surface area contributed by atoms with Crippen LogP contribution in [0.4, 0.5) is 0 Å². The quantitative estimate of drug-likeness (QED) is 0.801. The lowest BCUT2D eigenvalue weighted by atomic mass is 9.97. The third-order valence-electron chi connectivity index (χ3n) is 4.88. The number of carboxylic acid groups (broad SMARTS) is 1. The van der Waals surface area contributed by atoms with Crippen LogP contribution < -0.4 is 5.32 Å². The van der Waals surface area contributed by atoms with Crippen LogP contribution in [-0.2, 0) is 9.59 Å². The molecule has 2 fully saturated rings. The van der Waals surface area contributed by atoms with Crippen molar-refractivity contribution in [3.8, 4) is 0 Å². The van der Waals surface area contributed by atoms with E-state index in [1.54, 1.807) is 4.90 Å². The van der Waals surface area contributed by atoms with E-state index in [-0.39, 0.29) is 11.8 Å². The highest BCUT2D eigenvalue weighted by atomic mass is 16.4. The van der Waals surface area contributed by atoms with Crippen molar-refractivity contribution in [2.45, 2.75) is 51.5 Å². The maximum absolute atomic E-state index is 12.1. The smallest absolute Gasteiger partial charge is 0.306 e. The van der Waals surface area contributed by atoms with E-state index in [2.05, 4.69) is 12.2 Å². The van der Waals surface area contributed by atoms with Gasteiger partial charge in [-0.05, 0) is 38.5 Å². The highest BCUT2D eigenvalue weighted by Gasteiger charge is 2.27. The number of nitrogens with one attached hydrogen (secondary N) is 1. The fraction of sp³-hybridized carbons (Fsp3) is 0.867. The minimum Gasteiger partial charge on any atom is -0.481 e. The summed E-state index contributed by atoms with van der Waals surface area (Å²) in [6.45, 7) is 3.71. The zero-order valence-electron chi connectivity index (χ0n) is 12.3. The average molecular weight is 282 g/mol. The van der Waals surface area contributed by atoms with Gasteiger partial charge < -0.3 is 15.3 Å². The van der Waals surface area contributed by atoms with Gasteiger partial charge in [-0.15, -0.1) is 0 Å². The Morgan fingerprint density at radius 3 is 2.35 bits per heavy atom. The lowest BCUT2D eigenvalue weighted by Crippen LogP contribution is -2.46. The van der Waals surface area contributed by atoms with Crippen molar-refractivity contribution in [2.24, 2.45) is 11.8 Å². The SMILES string of the molecule is C[C@H](NCC(=O)N1CCC(C(=O)O)CC1)C1CCCC1. The second-order valence-electron chi connectivity index (χ2n) is 6.21. The summed E-state index contributed by atoms with van der Waals surface area (Å²) in [4.78, 5) is 24.8. The Labute approximate surface area is 120 Å². The Hall–Kier alpha value is -1.10. The van der Waals surface area contributed by atoms with Crippen molar-refractivity contribution in [1.82, 2.24) is 10.2 Å². The summed E-state index contributed by atoms with van der Waals surface area (Å²) < 4.78 is 0. The van der Waals surface area contributed by atoms with E-state index >= 15 is 0 Å². The molecule has 1 saturated carbocycles. The second kappa shape index (κ2) is 7.07. The van der Waals surface area contributed by atoms with E-state index in [4.69, 9.17) is 5.11 Å². The predicted octanol–water partition coefficient (Wildman–Crippen LogP) is 1.48. The summed E-state index contributed by atoms with van der Waals surface area (Å²) in [5.41, 5.74) is 0. The fourth-order valence-electron chi connectivity index (χ4n) is 3.36. The lowest BCUT2D eigenvalue weighted by molar-refractivity contribution is -0.145. The van der Waals surface area contributed by atoms with Crippen molar-refractivity contribution in [3.63, 3.8) is 0 Å². The molecule has 2 aliphatic rings. The Morgan fingerprint density at radius 1 is 1.20 bits per heavy atom. The van der Waals surface area contributed by atoms with Crippen LogP contribution in [0.2, 0.25) is 0 Å². The van der Waals surface area contributed by atoms with Crippen molar-refractivity contribution in [3.05, 3.63) is 0 Å². The van der Waals surface area contributed by atoms with Gasteiger partial charge in [0.2, 0.25) is 5.91 Å². The van der Waals surface area contributed by atoms with Crippen LogP contribution >= 0.6 is 0 Å². The van der Waals surface area contributed by atoms with Gasteiger partial charge in [0.05, 0.1) is 12.5 Å². The monoisotopic (exact) mass is 282 g/mol. The number of likely N-dealkylation sites (tertiary alicyclic amines) is 1. The molecule has 1 atom stereocenters. The van der Waals surface area contributed by atoms with Gasteiger partial charge in [-0.2, -0.15) is 0 Å². The molecule has 0 spiro atoms. The van der Waals surface area contributed by atoms with E-state index < -0.39 is 5.97 Å². The summed E-state index contributed by atoms with van der Waals surface area (Å²) in [5.74, 6) is -0.186. The normalized spacial score (nSPS) is 22.9. The molecule has 114 valence electrons. The molecule has 2 rings (SSSR count). The first kappa shape index (κ1) is 15.3. The molecule has 0 radical (unpaired) electrons. The zero-order chi connectivity index (χ0) is 14.5. The average Bonchev–Trinajstić information content (AvgIpc) is 2.98. The van der Waals surface area contributed by atoms with E-state index in [0.717, 1.165) is 0 Å². The number of rotatable bonds is 5. The Balaban J connectivity index is 1.68. The van der Waals surface area contributed by atoms with E-state index in [1.807, 2.05) is 0 Å². The number of carboxylic acids is 1. The molecule has 5 nitrogen and oxygen atoms in total. The van der Waals surface area contributed by atoms with Crippen molar-refractivity contribution < 1.29 is 14.7 Å². The maximum Gasteiger partial charge on any atom is 0.306 e. The third-order valence-corrected chi connectivity index (χ3v) is 4.88. The Bertz CT molecular complexity index is 345. The zero-order valence-corrected chi connectivity index (χ0v) is 12.3. The molecular weight excluding hydrogens is 256 g/mol. The van der Waals surface area contributed by atoms with Crippen molar-refractivity contribution in [2.75, 3.05) is 19.6 Å². The minimum atomic E-state index is -0.731. The molecule has 1 amide bonds. The minimum absolute atomic E-state index is 0.110. The third kappa shape index (κ3) is 3.95.